The molecule has 0 saturated heterocycles. The molecule has 0 aliphatic heterocycles. The number of para-hydroxylation sites is 1. The predicted molar refractivity (Wildman–Crippen MR) is 131 cm³/mol. The number of nitrogens with one attached hydrogen (secondary N) is 2. The van der Waals surface area contributed by atoms with Gasteiger partial charge in [-0.25, -0.2) is 0 Å². The molecule has 1 heterocycles. The molecule has 4 aromatic rings. The minimum atomic E-state index is 0.986. The van der Waals surface area contributed by atoms with Gasteiger partial charge in [-0.3, -0.25) is 4.98 Å². The van der Waals surface area contributed by atoms with Crippen molar-refractivity contribution in [2.75, 3.05) is 23.7 Å². The molecule has 0 fully saturated rings. The topological polar surface area (TPSA) is 37.0 Å². The summed E-state index contributed by atoms with van der Waals surface area (Å²) in [5.41, 5.74) is 7.17. The van der Waals surface area contributed by atoms with Crippen molar-refractivity contribution in [2.45, 2.75) is 40.0 Å². The van der Waals surface area contributed by atoms with Crippen LogP contribution in [0.15, 0.2) is 60.7 Å². The van der Waals surface area contributed by atoms with E-state index in [1.165, 1.54) is 51.5 Å². The first-order chi connectivity index (χ1) is 14.6. The molecule has 0 aliphatic carbocycles. The molecule has 4 rings (SSSR count). The lowest BCUT2D eigenvalue weighted by atomic mass is 10.0. The van der Waals surface area contributed by atoms with Crippen molar-refractivity contribution in [3.63, 3.8) is 0 Å². The van der Waals surface area contributed by atoms with E-state index in [2.05, 4.69) is 91.0 Å². The van der Waals surface area contributed by atoms with E-state index in [-0.39, 0.29) is 0 Å². The third kappa shape index (κ3) is 4.73. The number of benzene rings is 3. The highest BCUT2D eigenvalue weighted by Gasteiger charge is 2.04. The molecule has 0 spiro atoms. The maximum absolute atomic E-state index is 4.62. The third-order valence-electron chi connectivity index (χ3n) is 5.58. The molecule has 1 aromatic heterocycles. The van der Waals surface area contributed by atoms with Crippen LogP contribution in [0.4, 0.5) is 11.4 Å². The van der Waals surface area contributed by atoms with Gasteiger partial charge >= 0.3 is 0 Å². The molecular weight excluding hydrogens is 366 g/mol. The van der Waals surface area contributed by atoms with Gasteiger partial charge < -0.3 is 10.6 Å². The van der Waals surface area contributed by atoms with Crippen LogP contribution in [-0.2, 0) is 0 Å². The Morgan fingerprint density at radius 1 is 0.667 bits per heavy atom. The molecule has 3 heteroatoms. The average Bonchev–Trinajstić information content (AvgIpc) is 2.73. The lowest BCUT2D eigenvalue weighted by Gasteiger charge is -2.13. The van der Waals surface area contributed by atoms with E-state index in [4.69, 9.17) is 0 Å². The van der Waals surface area contributed by atoms with Gasteiger partial charge in [-0.1, -0.05) is 42.0 Å². The second kappa shape index (κ2) is 9.17. The molecule has 0 saturated carbocycles. The molecule has 2 N–H and O–H groups in total. The normalized spacial score (nSPS) is 11.2. The lowest BCUT2D eigenvalue weighted by molar-refractivity contribution is 0.721. The second-order valence-corrected chi connectivity index (χ2v) is 8.28. The summed E-state index contributed by atoms with van der Waals surface area (Å²) in [6, 6.07) is 21.7. The number of aryl methyl sites for hydroxylation is 3. The smallest absolute Gasteiger partial charge is 0.0725 e. The minimum Gasteiger partial charge on any atom is -0.385 e. The van der Waals surface area contributed by atoms with Crippen LogP contribution in [0, 0.1) is 20.8 Å². The average molecular weight is 398 g/mol. The molecule has 3 nitrogen and oxygen atoms in total. The van der Waals surface area contributed by atoms with Crippen molar-refractivity contribution in [2.24, 2.45) is 0 Å². The Labute approximate surface area is 179 Å². The van der Waals surface area contributed by atoms with E-state index in [9.17, 15) is 0 Å². The molecule has 0 amide bonds. The first-order valence-corrected chi connectivity index (χ1v) is 11.0. The number of pyridine rings is 1. The number of fused-ring (bicyclic) bond motifs is 2. The molecule has 3 aromatic carbocycles. The van der Waals surface area contributed by atoms with E-state index in [0.717, 1.165) is 30.7 Å². The quantitative estimate of drug-likeness (QED) is 0.314. The standard InChI is InChI=1S/C27H31N3/c1-19-11-12-22-15-20(2)17-26(24(22)16-19)28-13-7-4-8-14-29-27-18-21(3)30-25-10-6-5-9-23(25)27/h5-6,9-12,15-18,28H,4,7-8,13-14H2,1-3H3,(H,29,30). The molecular formula is C27H31N3. The number of anilines is 2. The summed E-state index contributed by atoms with van der Waals surface area (Å²) < 4.78 is 0. The van der Waals surface area contributed by atoms with Crippen molar-refractivity contribution < 1.29 is 0 Å². The molecule has 154 valence electrons. The zero-order valence-corrected chi connectivity index (χ0v) is 18.3. The predicted octanol–water partition coefficient (Wildman–Crippen LogP) is 7.01. The van der Waals surface area contributed by atoms with Crippen LogP contribution in [0.1, 0.15) is 36.1 Å². The fourth-order valence-electron chi connectivity index (χ4n) is 4.09. The minimum absolute atomic E-state index is 0.986. The third-order valence-corrected chi connectivity index (χ3v) is 5.58. The number of rotatable bonds is 8. The fourth-order valence-corrected chi connectivity index (χ4v) is 4.09. The molecule has 0 radical (unpaired) electrons. The van der Waals surface area contributed by atoms with E-state index >= 15 is 0 Å². The van der Waals surface area contributed by atoms with Gasteiger partial charge in [0, 0.05) is 40.9 Å². The van der Waals surface area contributed by atoms with Gasteiger partial charge in [0.05, 0.1) is 5.52 Å². The highest BCUT2D eigenvalue weighted by molar-refractivity contribution is 5.95. The number of aromatic nitrogens is 1. The maximum Gasteiger partial charge on any atom is 0.0725 e. The monoisotopic (exact) mass is 397 g/mol. The van der Waals surface area contributed by atoms with Gasteiger partial charge in [0.1, 0.15) is 0 Å². The van der Waals surface area contributed by atoms with Gasteiger partial charge in [0.2, 0.25) is 0 Å². The van der Waals surface area contributed by atoms with Crippen LogP contribution in [0.3, 0.4) is 0 Å². The fraction of sp³-hybridized carbons (Fsp3) is 0.296. The Bertz CT molecular complexity index is 1160. The molecule has 0 bridgehead atoms. The van der Waals surface area contributed by atoms with Crippen LogP contribution >= 0.6 is 0 Å². The van der Waals surface area contributed by atoms with Crippen molar-refractivity contribution in [1.82, 2.24) is 4.98 Å². The zero-order valence-electron chi connectivity index (χ0n) is 18.3. The first kappa shape index (κ1) is 20.2. The maximum atomic E-state index is 4.62. The number of hydrogen-bond acceptors (Lipinski definition) is 3. The Hall–Kier alpha value is -3.07. The van der Waals surface area contributed by atoms with Crippen molar-refractivity contribution in [3.05, 3.63) is 77.5 Å². The van der Waals surface area contributed by atoms with Gasteiger partial charge in [-0.15, -0.1) is 0 Å². The number of hydrogen-bond donors (Lipinski definition) is 2. The summed E-state index contributed by atoms with van der Waals surface area (Å²) in [5, 5.41) is 11.1. The molecule has 0 unspecified atom stereocenters. The summed E-state index contributed by atoms with van der Waals surface area (Å²) in [5.74, 6) is 0. The highest BCUT2D eigenvalue weighted by Crippen LogP contribution is 2.27. The number of nitrogens with zero attached hydrogens (tertiary/aromatic N) is 1. The molecule has 0 atom stereocenters. The van der Waals surface area contributed by atoms with Crippen molar-refractivity contribution in [1.29, 1.82) is 0 Å². The van der Waals surface area contributed by atoms with Crippen LogP contribution in [0.5, 0.6) is 0 Å². The van der Waals surface area contributed by atoms with Crippen molar-refractivity contribution >= 4 is 33.1 Å². The summed E-state index contributed by atoms with van der Waals surface area (Å²) in [7, 11) is 0. The van der Waals surface area contributed by atoms with E-state index in [1.807, 2.05) is 6.07 Å². The first-order valence-electron chi connectivity index (χ1n) is 11.0. The van der Waals surface area contributed by atoms with Crippen molar-refractivity contribution in [3.8, 4) is 0 Å². The van der Waals surface area contributed by atoms with Gasteiger partial charge in [-0.2, -0.15) is 0 Å². The van der Waals surface area contributed by atoms with Crippen LogP contribution < -0.4 is 10.6 Å². The lowest BCUT2D eigenvalue weighted by Crippen LogP contribution is -2.06. The highest BCUT2D eigenvalue weighted by atomic mass is 14.9. The van der Waals surface area contributed by atoms with Crippen LogP contribution in [-0.4, -0.2) is 18.1 Å². The summed E-state index contributed by atoms with van der Waals surface area (Å²) >= 11 is 0. The zero-order chi connectivity index (χ0) is 20.9. The van der Waals surface area contributed by atoms with Crippen LogP contribution in [0.2, 0.25) is 0 Å². The van der Waals surface area contributed by atoms with Gasteiger partial charge in [0.25, 0.3) is 0 Å². The summed E-state index contributed by atoms with van der Waals surface area (Å²) in [6.07, 6.45) is 3.52. The SMILES string of the molecule is Cc1cc(NCCCCCNc2cc(C)nc3ccccc23)c2cc(C)ccc2c1. The van der Waals surface area contributed by atoms with E-state index in [1.54, 1.807) is 0 Å². The Morgan fingerprint density at radius 3 is 2.20 bits per heavy atom. The van der Waals surface area contributed by atoms with Crippen LogP contribution in [0.25, 0.3) is 21.7 Å². The summed E-state index contributed by atoms with van der Waals surface area (Å²) in [4.78, 5) is 4.62. The Balaban J connectivity index is 1.27. The van der Waals surface area contributed by atoms with E-state index in [0.29, 0.717) is 0 Å². The summed E-state index contributed by atoms with van der Waals surface area (Å²) in [6.45, 7) is 8.37. The largest absolute Gasteiger partial charge is 0.385 e. The molecule has 0 aliphatic rings. The second-order valence-electron chi connectivity index (χ2n) is 8.28. The Morgan fingerprint density at radius 2 is 1.40 bits per heavy atom. The van der Waals surface area contributed by atoms with Gasteiger partial charge in [0.15, 0.2) is 0 Å². The van der Waals surface area contributed by atoms with Gasteiger partial charge in [-0.05, 0) is 75.2 Å². The van der Waals surface area contributed by atoms with E-state index < -0.39 is 0 Å². The number of unbranched alkanes of at least 4 members (excludes halogenated alkanes) is 2. The molecule has 30 heavy (non-hydrogen) atoms. The Kier molecular flexibility index (Phi) is 6.18.